The first kappa shape index (κ1) is 13.9. The second-order valence-corrected chi connectivity index (χ2v) is 7.77. The van der Waals surface area contributed by atoms with E-state index in [0.717, 1.165) is 25.8 Å². The summed E-state index contributed by atoms with van der Waals surface area (Å²) in [4.78, 5) is 21.8. The molecule has 0 saturated heterocycles. The second kappa shape index (κ2) is 5.51. The van der Waals surface area contributed by atoms with Crippen LogP contribution in [-0.2, 0) is 11.3 Å². The molecule has 2 heterocycles. The Morgan fingerprint density at radius 2 is 2.05 bits per heavy atom. The molecule has 0 bridgehead atoms. The summed E-state index contributed by atoms with van der Waals surface area (Å²) < 4.78 is 0. The number of pyridine rings is 1. The molecular weight excluding hydrogens is 292 g/mol. The quantitative estimate of drug-likeness (QED) is 0.842. The standard InChI is InChI=1S/C18H20N2OS/c1-12-2-5-17(22-12)15-10-16(15)18(21)20(14-3-4-14)11-13-6-8-19-9-7-13/h2,5-9,14-16H,3-4,10-11H2,1H3/t15-,16-/m1/s1. The first-order valence-corrected chi connectivity index (χ1v) is 8.80. The Hall–Kier alpha value is -1.68. The molecular formula is C18H20N2OS. The minimum Gasteiger partial charge on any atom is -0.335 e. The van der Waals surface area contributed by atoms with Gasteiger partial charge in [-0.2, -0.15) is 0 Å². The summed E-state index contributed by atoms with van der Waals surface area (Å²) in [7, 11) is 0. The molecule has 0 N–H and O–H groups in total. The predicted octanol–water partition coefficient (Wildman–Crippen LogP) is 3.75. The fraction of sp³-hybridized carbons (Fsp3) is 0.444. The van der Waals surface area contributed by atoms with Crippen LogP contribution in [0.15, 0.2) is 36.7 Å². The lowest BCUT2D eigenvalue weighted by molar-refractivity contribution is -0.133. The van der Waals surface area contributed by atoms with Crippen LogP contribution in [-0.4, -0.2) is 21.8 Å². The van der Waals surface area contributed by atoms with Crippen LogP contribution in [0.1, 0.15) is 40.5 Å². The van der Waals surface area contributed by atoms with Crippen LogP contribution < -0.4 is 0 Å². The smallest absolute Gasteiger partial charge is 0.226 e. The van der Waals surface area contributed by atoms with Crippen molar-refractivity contribution in [3.8, 4) is 0 Å². The van der Waals surface area contributed by atoms with Gasteiger partial charge in [-0.25, -0.2) is 0 Å². The van der Waals surface area contributed by atoms with E-state index in [2.05, 4.69) is 28.9 Å². The van der Waals surface area contributed by atoms with Crippen molar-refractivity contribution in [2.75, 3.05) is 0 Å². The highest BCUT2D eigenvalue weighted by molar-refractivity contribution is 7.12. The van der Waals surface area contributed by atoms with Crippen molar-refractivity contribution in [2.24, 2.45) is 5.92 Å². The zero-order valence-corrected chi connectivity index (χ0v) is 13.6. The second-order valence-electron chi connectivity index (χ2n) is 6.45. The summed E-state index contributed by atoms with van der Waals surface area (Å²) in [6.07, 6.45) is 6.95. The number of aryl methyl sites for hydroxylation is 1. The van der Waals surface area contributed by atoms with Crippen LogP contribution in [0.25, 0.3) is 0 Å². The molecule has 1 amide bonds. The monoisotopic (exact) mass is 312 g/mol. The maximum absolute atomic E-state index is 12.9. The van der Waals surface area contributed by atoms with Crippen molar-refractivity contribution in [1.82, 2.24) is 9.88 Å². The van der Waals surface area contributed by atoms with E-state index in [-0.39, 0.29) is 5.92 Å². The van der Waals surface area contributed by atoms with Gasteiger partial charge < -0.3 is 4.90 Å². The zero-order valence-electron chi connectivity index (χ0n) is 12.7. The van der Waals surface area contributed by atoms with Crippen LogP contribution in [0.2, 0.25) is 0 Å². The van der Waals surface area contributed by atoms with Gasteiger partial charge in [0.15, 0.2) is 0 Å². The maximum atomic E-state index is 12.9. The number of nitrogens with zero attached hydrogens (tertiary/aromatic N) is 2. The van der Waals surface area contributed by atoms with E-state index < -0.39 is 0 Å². The van der Waals surface area contributed by atoms with Gasteiger partial charge in [-0.3, -0.25) is 9.78 Å². The lowest BCUT2D eigenvalue weighted by atomic mass is 10.2. The third-order valence-electron chi connectivity index (χ3n) is 4.61. The van der Waals surface area contributed by atoms with Gasteiger partial charge in [-0.1, -0.05) is 0 Å². The van der Waals surface area contributed by atoms with Crippen molar-refractivity contribution in [2.45, 2.75) is 44.7 Å². The van der Waals surface area contributed by atoms with E-state index >= 15 is 0 Å². The van der Waals surface area contributed by atoms with Crippen LogP contribution >= 0.6 is 11.3 Å². The first-order chi connectivity index (χ1) is 10.7. The summed E-state index contributed by atoms with van der Waals surface area (Å²) in [5.74, 6) is 1.03. The zero-order chi connectivity index (χ0) is 15.1. The Kier molecular flexibility index (Phi) is 3.49. The summed E-state index contributed by atoms with van der Waals surface area (Å²) in [5.41, 5.74) is 1.18. The van der Waals surface area contributed by atoms with Gasteiger partial charge in [0.2, 0.25) is 5.91 Å². The Morgan fingerprint density at radius 1 is 1.27 bits per heavy atom. The topological polar surface area (TPSA) is 33.2 Å². The van der Waals surface area contributed by atoms with Crippen LogP contribution in [0, 0.1) is 12.8 Å². The number of amides is 1. The highest BCUT2D eigenvalue weighted by atomic mass is 32.1. The van der Waals surface area contributed by atoms with Gasteiger partial charge in [-0.15, -0.1) is 11.3 Å². The molecule has 3 nitrogen and oxygen atoms in total. The average molecular weight is 312 g/mol. The molecule has 0 spiro atoms. The minimum absolute atomic E-state index is 0.209. The Labute approximate surface area is 135 Å². The molecule has 22 heavy (non-hydrogen) atoms. The Morgan fingerprint density at radius 3 is 2.68 bits per heavy atom. The van der Waals surface area contributed by atoms with Gasteiger partial charge in [-0.05, 0) is 56.0 Å². The molecule has 2 fully saturated rings. The SMILES string of the molecule is Cc1ccc([C@@H]2C[C@H]2C(=O)N(Cc2ccncc2)C2CC2)s1. The molecule has 0 radical (unpaired) electrons. The molecule has 2 aromatic heterocycles. The van der Waals surface area contributed by atoms with Crippen molar-refractivity contribution >= 4 is 17.2 Å². The Bertz CT molecular complexity index is 677. The summed E-state index contributed by atoms with van der Waals surface area (Å²) in [6.45, 7) is 2.87. The summed E-state index contributed by atoms with van der Waals surface area (Å²) >= 11 is 1.84. The largest absolute Gasteiger partial charge is 0.335 e. The van der Waals surface area contributed by atoms with E-state index in [1.54, 1.807) is 12.4 Å². The van der Waals surface area contributed by atoms with E-state index in [9.17, 15) is 4.79 Å². The first-order valence-electron chi connectivity index (χ1n) is 7.98. The lowest BCUT2D eigenvalue weighted by Gasteiger charge is -2.22. The molecule has 2 aliphatic rings. The molecule has 2 atom stereocenters. The highest BCUT2D eigenvalue weighted by Crippen LogP contribution is 2.51. The van der Waals surface area contributed by atoms with Crippen molar-refractivity contribution in [1.29, 1.82) is 0 Å². The predicted molar refractivity (Wildman–Crippen MR) is 87.7 cm³/mol. The number of thiophene rings is 1. The van der Waals surface area contributed by atoms with E-state index in [1.165, 1.54) is 15.3 Å². The van der Waals surface area contributed by atoms with E-state index in [1.807, 2.05) is 23.5 Å². The number of rotatable bonds is 5. The third-order valence-corrected chi connectivity index (χ3v) is 5.74. The lowest BCUT2D eigenvalue weighted by Crippen LogP contribution is -2.34. The van der Waals surface area contributed by atoms with Crippen LogP contribution in [0.4, 0.5) is 0 Å². The van der Waals surface area contributed by atoms with Gasteiger partial charge in [0, 0.05) is 46.6 Å². The maximum Gasteiger partial charge on any atom is 0.226 e. The third kappa shape index (κ3) is 2.80. The highest BCUT2D eigenvalue weighted by Gasteiger charge is 2.48. The number of carbonyl (C=O) groups excluding carboxylic acids is 1. The fourth-order valence-electron chi connectivity index (χ4n) is 3.11. The minimum atomic E-state index is 0.209. The molecule has 4 heteroatoms. The number of hydrogen-bond acceptors (Lipinski definition) is 3. The van der Waals surface area contributed by atoms with Crippen molar-refractivity contribution < 1.29 is 4.79 Å². The molecule has 0 aromatic carbocycles. The van der Waals surface area contributed by atoms with Crippen molar-refractivity contribution in [3.63, 3.8) is 0 Å². The van der Waals surface area contributed by atoms with Gasteiger partial charge in [0.05, 0.1) is 0 Å². The molecule has 114 valence electrons. The van der Waals surface area contributed by atoms with E-state index in [0.29, 0.717) is 17.9 Å². The van der Waals surface area contributed by atoms with E-state index in [4.69, 9.17) is 0 Å². The molecule has 2 saturated carbocycles. The number of carbonyl (C=O) groups is 1. The van der Waals surface area contributed by atoms with Gasteiger partial charge in [0.1, 0.15) is 0 Å². The number of aromatic nitrogens is 1. The Balaban J connectivity index is 1.46. The normalized spacial score (nSPS) is 23.3. The molecule has 0 unspecified atom stereocenters. The van der Waals surface area contributed by atoms with Crippen molar-refractivity contribution in [3.05, 3.63) is 52.0 Å². The van der Waals surface area contributed by atoms with Crippen LogP contribution in [0.3, 0.4) is 0 Å². The summed E-state index contributed by atoms with van der Waals surface area (Å²) in [6, 6.07) is 8.84. The van der Waals surface area contributed by atoms with Gasteiger partial charge in [0.25, 0.3) is 0 Å². The molecule has 4 rings (SSSR count). The number of hydrogen-bond donors (Lipinski definition) is 0. The molecule has 2 aliphatic carbocycles. The average Bonchev–Trinajstić information content (AvgIpc) is 3.44. The van der Waals surface area contributed by atoms with Gasteiger partial charge >= 0.3 is 0 Å². The molecule has 2 aromatic rings. The fourth-order valence-corrected chi connectivity index (χ4v) is 4.16. The summed E-state index contributed by atoms with van der Waals surface area (Å²) in [5, 5.41) is 0. The molecule has 0 aliphatic heterocycles. The van der Waals surface area contributed by atoms with Crippen LogP contribution in [0.5, 0.6) is 0 Å².